The lowest BCUT2D eigenvalue weighted by Gasteiger charge is -2.16. The molecule has 8 heteroatoms. The highest BCUT2D eigenvalue weighted by Gasteiger charge is 2.56. The number of phenolic OH excluding ortho intramolecular Hbond substituents is 2. The molecule has 0 spiro atoms. The van der Waals surface area contributed by atoms with E-state index in [0.29, 0.717) is 6.42 Å². The van der Waals surface area contributed by atoms with Gasteiger partial charge in [0.2, 0.25) is 0 Å². The highest BCUT2D eigenvalue weighted by atomic mass is 35.5. The van der Waals surface area contributed by atoms with Crippen LogP contribution in [0.25, 0.3) is 0 Å². The average Bonchev–Trinajstić information content (AvgIpc) is 3.44. The van der Waals surface area contributed by atoms with Gasteiger partial charge >= 0.3 is 5.97 Å². The third kappa shape index (κ3) is 3.18. The van der Waals surface area contributed by atoms with Crippen molar-refractivity contribution in [1.29, 1.82) is 0 Å². The Bertz CT molecular complexity index is 818. The van der Waals surface area contributed by atoms with Crippen LogP contribution in [0.3, 0.4) is 0 Å². The normalized spacial score (nSPS) is 34.6. The standard InChI is InChI=1S/C18H17ClO7/c1-7-4-13-17(26-13)16-12(25-16)3-2-8(20)5-9-14(18(23)24-7)10(21)6-11(22)15(9)19/h2-3,6-7,12-13,16-17,21-22H,4-5H2,1H3/b3-2+/t7-,12-,13-,16-,17+/m1/s1. The van der Waals surface area contributed by atoms with Crippen molar-refractivity contribution in [3.05, 3.63) is 34.4 Å². The molecule has 0 bridgehead atoms. The van der Waals surface area contributed by atoms with Gasteiger partial charge in [0.1, 0.15) is 41.5 Å². The molecule has 0 aromatic heterocycles. The van der Waals surface area contributed by atoms with Gasteiger partial charge in [-0.2, -0.15) is 0 Å². The summed E-state index contributed by atoms with van der Waals surface area (Å²) in [6.45, 7) is 1.72. The fraction of sp³-hybridized carbons (Fsp3) is 0.444. The Morgan fingerprint density at radius 1 is 1.15 bits per heavy atom. The predicted molar refractivity (Wildman–Crippen MR) is 89.4 cm³/mol. The van der Waals surface area contributed by atoms with Crippen LogP contribution in [-0.4, -0.2) is 52.5 Å². The van der Waals surface area contributed by atoms with Gasteiger partial charge in [0.25, 0.3) is 0 Å². The van der Waals surface area contributed by atoms with Crippen molar-refractivity contribution in [2.24, 2.45) is 0 Å². The summed E-state index contributed by atoms with van der Waals surface area (Å²) in [7, 11) is 0. The van der Waals surface area contributed by atoms with Gasteiger partial charge in [0, 0.05) is 24.5 Å². The van der Waals surface area contributed by atoms with E-state index in [1.165, 1.54) is 6.08 Å². The number of halogens is 1. The van der Waals surface area contributed by atoms with E-state index >= 15 is 0 Å². The second kappa shape index (κ2) is 6.26. The molecular weight excluding hydrogens is 364 g/mol. The Morgan fingerprint density at radius 3 is 2.69 bits per heavy atom. The summed E-state index contributed by atoms with van der Waals surface area (Å²) in [5.74, 6) is -2.06. The number of esters is 1. The number of rotatable bonds is 0. The van der Waals surface area contributed by atoms with Gasteiger partial charge < -0.3 is 24.4 Å². The highest BCUT2D eigenvalue weighted by Crippen LogP contribution is 2.42. The third-order valence-corrected chi connectivity index (χ3v) is 5.15. The van der Waals surface area contributed by atoms with Crippen molar-refractivity contribution in [1.82, 2.24) is 0 Å². The molecule has 138 valence electrons. The smallest absolute Gasteiger partial charge is 0.342 e. The summed E-state index contributed by atoms with van der Waals surface area (Å²) in [5, 5.41) is 19.8. The number of benzene rings is 1. The molecule has 0 unspecified atom stereocenters. The zero-order valence-corrected chi connectivity index (χ0v) is 14.6. The molecule has 2 N–H and O–H groups in total. The molecule has 0 amide bonds. The maximum Gasteiger partial charge on any atom is 0.342 e. The molecule has 1 aromatic rings. The van der Waals surface area contributed by atoms with E-state index < -0.39 is 23.6 Å². The minimum absolute atomic E-state index is 0.0295. The van der Waals surface area contributed by atoms with Crippen LogP contribution in [0.5, 0.6) is 11.5 Å². The molecule has 3 heterocycles. The molecule has 2 fully saturated rings. The summed E-state index contributed by atoms with van der Waals surface area (Å²) >= 11 is 6.08. The van der Waals surface area contributed by atoms with Crippen LogP contribution in [0, 0.1) is 0 Å². The lowest BCUT2D eigenvalue weighted by molar-refractivity contribution is -0.114. The van der Waals surface area contributed by atoms with Crippen LogP contribution < -0.4 is 0 Å². The number of allylic oxidation sites excluding steroid dienone is 1. The first-order valence-corrected chi connectivity index (χ1v) is 8.69. The van der Waals surface area contributed by atoms with Crippen molar-refractivity contribution in [3.8, 4) is 11.5 Å². The number of phenols is 2. The molecule has 3 aliphatic heterocycles. The summed E-state index contributed by atoms with van der Waals surface area (Å²) in [5.41, 5.74) is -0.186. The van der Waals surface area contributed by atoms with Gasteiger partial charge in [0.15, 0.2) is 5.78 Å². The second-order valence-electron chi connectivity index (χ2n) is 6.74. The van der Waals surface area contributed by atoms with E-state index in [-0.39, 0.29) is 52.8 Å². The number of fused-ring (bicyclic) bond motifs is 4. The molecule has 26 heavy (non-hydrogen) atoms. The summed E-state index contributed by atoms with van der Waals surface area (Å²) in [6, 6.07) is 0.958. The third-order valence-electron chi connectivity index (χ3n) is 4.73. The van der Waals surface area contributed by atoms with E-state index in [4.69, 9.17) is 25.8 Å². The fourth-order valence-electron chi connectivity index (χ4n) is 3.32. The van der Waals surface area contributed by atoms with E-state index in [1.54, 1.807) is 13.0 Å². The van der Waals surface area contributed by atoms with Crippen molar-refractivity contribution < 1.29 is 34.0 Å². The van der Waals surface area contributed by atoms with E-state index in [0.717, 1.165) is 6.07 Å². The SMILES string of the molecule is C[C@@H]1C[C@H]2O[C@@H]2[C@@H]2O[C@@H]2/C=C/C(=O)Cc2c(Cl)c(O)cc(O)c2C(=O)O1. The summed E-state index contributed by atoms with van der Waals surface area (Å²) < 4.78 is 16.5. The summed E-state index contributed by atoms with van der Waals surface area (Å²) in [6.07, 6.45) is 2.36. The average molecular weight is 381 g/mol. The van der Waals surface area contributed by atoms with Crippen LogP contribution in [0.4, 0.5) is 0 Å². The number of carbonyl (C=O) groups is 2. The van der Waals surface area contributed by atoms with Gasteiger partial charge in [0.05, 0.1) is 11.1 Å². The van der Waals surface area contributed by atoms with Crippen molar-refractivity contribution in [3.63, 3.8) is 0 Å². The van der Waals surface area contributed by atoms with Gasteiger partial charge in [-0.05, 0) is 19.1 Å². The highest BCUT2D eigenvalue weighted by molar-refractivity contribution is 6.33. The minimum atomic E-state index is -0.807. The molecule has 0 radical (unpaired) electrons. The molecule has 0 aliphatic carbocycles. The zero-order chi connectivity index (χ0) is 18.6. The number of ketones is 1. The maximum atomic E-state index is 12.6. The van der Waals surface area contributed by atoms with Gasteiger partial charge in [-0.25, -0.2) is 4.79 Å². The van der Waals surface area contributed by atoms with Gasteiger partial charge in [-0.3, -0.25) is 4.79 Å². The predicted octanol–water partition coefficient (Wildman–Crippen LogP) is 1.90. The van der Waals surface area contributed by atoms with E-state index in [2.05, 4.69) is 0 Å². The molecule has 4 rings (SSSR count). The number of epoxide rings is 2. The zero-order valence-electron chi connectivity index (χ0n) is 13.8. The Morgan fingerprint density at radius 2 is 1.92 bits per heavy atom. The van der Waals surface area contributed by atoms with Crippen LogP contribution >= 0.6 is 11.6 Å². The minimum Gasteiger partial charge on any atom is -0.507 e. The van der Waals surface area contributed by atoms with Crippen molar-refractivity contribution in [2.45, 2.75) is 50.3 Å². The Kier molecular flexibility index (Phi) is 4.17. The number of hydrogen-bond acceptors (Lipinski definition) is 7. The fourth-order valence-corrected chi connectivity index (χ4v) is 3.54. The molecule has 2 saturated heterocycles. The van der Waals surface area contributed by atoms with Gasteiger partial charge in [-0.1, -0.05) is 11.6 Å². The number of aromatic hydroxyl groups is 2. The van der Waals surface area contributed by atoms with E-state index in [9.17, 15) is 19.8 Å². The largest absolute Gasteiger partial charge is 0.507 e. The molecule has 5 atom stereocenters. The molecule has 0 saturated carbocycles. The monoisotopic (exact) mass is 380 g/mol. The second-order valence-corrected chi connectivity index (χ2v) is 7.12. The summed E-state index contributed by atoms with van der Waals surface area (Å²) in [4.78, 5) is 24.8. The number of ether oxygens (including phenoxy) is 3. The Labute approximate surface area is 154 Å². The topological polar surface area (TPSA) is 109 Å². The first-order valence-electron chi connectivity index (χ1n) is 8.31. The first kappa shape index (κ1) is 17.3. The van der Waals surface area contributed by atoms with Crippen LogP contribution in [0.2, 0.25) is 5.02 Å². The molecular formula is C18H17ClO7. The Hall–Kier alpha value is -2.09. The first-order chi connectivity index (χ1) is 12.3. The lowest BCUT2D eigenvalue weighted by atomic mass is 9.99. The molecule has 7 nitrogen and oxygen atoms in total. The van der Waals surface area contributed by atoms with Crippen molar-refractivity contribution >= 4 is 23.4 Å². The van der Waals surface area contributed by atoms with Crippen LogP contribution in [-0.2, 0) is 25.4 Å². The van der Waals surface area contributed by atoms with Gasteiger partial charge in [-0.15, -0.1) is 0 Å². The number of hydrogen-bond donors (Lipinski definition) is 2. The number of cyclic esters (lactones) is 1. The number of carbonyl (C=O) groups excluding carboxylic acids is 2. The van der Waals surface area contributed by atoms with Crippen molar-refractivity contribution in [2.75, 3.05) is 0 Å². The van der Waals surface area contributed by atoms with E-state index in [1.807, 2.05) is 0 Å². The molecule has 1 aromatic carbocycles. The molecule has 3 aliphatic rings. The quantitative estimate of drug-likeness (QED) is 0.522. The lowest BCUT2D eigenvalue weighted by Crippen LogP contribution is -2.20. The van der Waals surface area contributed by atoms with Crippen LogP contribution in [0.15, 0.2) is 18.2 Å². The maximum absolute atomic E-state index is 12.6. The van der Waals surface area contributed by atoms with Crippen LogP contribution in [0.1, 0.15) is 29.3 Å². The Balaban J connectivity index is 1.71.